The maximum atomic E-state index is 11.5. The number of aliphatic hydroxyl groups is 1. The van der Waals surface area contributed by atoms with Crippen LogP contribution in [0.15, 0.2) is 11.6 Å². The van der Waals surface area contributed by atoms with Crippen LogP contribution in [-0.4, -0.2) is 16.5 Å². The van der Waals surface area contributed by atoms with Gasteiger partial charge in [0.05, 0.1) is 5.60 Å². The molecule has 96 valence electrons. The SMILES string of the molecule is CC(=O)C1=C[C@@H]2[C@@H](C1)[C@H](C)CC[C@H]2C(C)(C)O. The highest BCUT2D eigenvalue weighted by Crippen LogP contribution is 2.50. The Morgan fingerprint density at radius 2 is 2.06 bits per heavy atom. The molecule has 17 heavy (non-hydrogen) atoms. The normalized spacial score (nSPS) is 37.6. The number of allylic oxidation sites excluding steroid dienone is 2. The number of carbonyl (C=O) groups excluding carboxylic acids is 1. The molecule has 2 aliphatic carbocycles. The molecule has 2 aliphatic rings. The molecule has 1 N–H and O–H groups in total. The van der Waals surface area contributed by atoms with Gasteiger partial charge in [0, 0.05) is 0 Å². The fourth-order valence-corrected chi connectivity index (χ4v) is 3.74. The van der Waals surface area contributed by atoms with Gasteiger partial charge >= 0.3 is 0 Å². The van der Waals surface area contributed by atoms with Crippen LogP contribution in [0.25, 0.3) is 0 Å². The second-order valence-electron chi connectivity index (χ2n) is 6.51. The maximum absolute atomic E-state index is 11.5. The van der Waals surface area contributed by atoms with E-state index in [4.69, 9.17) is 0 Å². The molecule has 0 saturated heterocycles. The van der Waals surface area contributed by atoms with Crippen LogP contribution >= 0.6 is 0 Å². The first-order chi connectivity index (χ1) is 7.80. The Balaban J connectivity index is 2.27. The Kier molecular flexibility index (Phi) is 3.19. The van der Waals surface area contributed by atoms with Gasteiger partial charge in [-0.3, -0.25) is 4.79 Å². The standard InChI is InChI=1S/C15H24O2/c1-9-5-6-14(15(3,4)17)13-8-11(10(2)16)7-12(9)13/h8-9,12-14,17H,5-7H2,1-4H3/t9-,12+,13-,14-/m1/s1. The predicted octanol–water partition coefficient (Wildman–Crippen LogP) is 2.95. The number of rotatable bonds is 2. The Morgan fingerprint density at radius 3 is 2.59 bits per heavy atom. The van der Waals surface area contributed by atoms with E-state index in [0.29, 0.717) is 23.7 Å². The van der Waals surface area contributed by atoms with Crippen molar-refractivity contribution in [3.8, 4) is 0 Å². The zero-order valence-corrected chi connectivity index (χ0v) is 11.4. The Hall–Kier alpha value is -0.630. The Labute approximate surface area is 104 Å². The summed E-state index contributed by atoms with van der Waals surface area (Å²) in [6, 6.07) is 0. The highest BCUT2D eigenvalue weighted by atomic mass is 16.3. The molecule has 2 heteroatoms. The van der Waals surface area contributed by atoms with Crippen molar-refractivity contribution in [3.05, 3.63) is 11.6 Å². The summed E-state index contributed by atoms with van der Waals surface area (Å²) < 4.78 is 0. The number of carbonyl (C=O) groups is 1. The fraction of sp³-hybridized carbons (Fsp3) is 0.800. The average Bonchev–Trinajstić information content (AvgIpc) is 2.61. The van der Waals surface area contributed by atoms with Crippen LogP contribution in [0.5, 0.6) is 0 Å². The fourth-order valence-electron chi connectivity index (χ4n) is 3.74. The van der Waals surface area contributed by atoms with E-state index in [0.717, 1.165) is 18.4 Å². The smallest absolute Gasteiger partial charge is 0.155 e. The van der Waals surface area contributed by atoms with Crippen molar-refractivity contribution in [3.63, 3.8) is 0 Å². The van der Waals surface area contributed by atoms with Crippen LogP contribution in [0, 0.1) is 23.7 Å². The molecule has 0 aromatic carbocycles. The third-order valence-electron chi connectivity index (χ3n) is 4.83. The van der Waals surface area contributed by atoms with Crippen molar-refractivity contribution in [2.24, 2.45) is 23.7 Å². The molecule has 0 unspecified atom stereocenters. The van der Waals surface area contributed by atoms with E-state index in [9.17, 15) is 9.90 Å². The van der Waals surface area contributed by atoms with Crippen molar-refractivity contribution in [1.82, 2.24) is 0 Å². The first kappa shape index (κ1) is 12.8. The average molecular weight is 236 g/mol. The van der Waals surface area contributed by atoms with Crippen molar-refractivity contribution in [2.75, 3.05) is 0 Å². The molecule has 2 nitrogen and oxygen atoms in total. The highest BCUT2D eigenvalue weighted by Gasteiger charge is 2.45. The van der Waals surface area contributed by atoms with Gasteiger partial charge in [-0.25, -0.2) is 0 Å². The summed E-state index contributed by atoms with van der Waals surface area (Å²) in [5, 5.41) is 10.3. The van der Waals surface area contributed by atoms with Gasteiger partial charge in [-0.05, 0) is 62.9 Å². The van der Waals surface area contributed by atoms with Crippen molar-refractivity contribution >= 4 is 5.78 Å². The lowest BCUT2D eigenvalue weighted by atomic mass is 9.64. The summed E-state index contributed by atoms with van der Waals surface area (Å²) >= 11 is 0. The van der Waals surface area contributed by atoms with Crippen LogP contribution < -0.4 is 0 Å². The molecule has 0 aromatic heterocycles. The minimum absolute atomic E-state index is 0.209. The molecule has 0 aromatic rings. The monoisotopic (exact) mass is 236 g/mol. The van der Waals surface area contributed by atoms with E-state index < -0.39 is 5.60 Å². The van der Waals surface area contributed by atoms with Gasteiger partial charge < -0.3 is 5.11 Å². The molecular formula is C15H24O2. The quantitative estimate of drug-likeness (QED) is 0.800. The van der Waals surface area contributed by atoms with Gasteiger partial charge in [-0.2, -0.15) is 0 Å². The third kappa shape index (κ3) is 2.33. The molecular weight excluding hydrogens is 212 g/mol. The van der Waals surface area contributed by atoms with Crippen molar-refractivity contribution in [1.29, 1.82) is 0 Å². The molecule has 1 saturated carbocycles. The zero-order chi connectivity index (χ0) is 12.8. The largest absolute Gasteiger partial charge is 0.390 e. The summed E-state index contributed by atoms with van der Waals surface area (Å²) in [7, 11) is 0. The minimum Gasteiger partial charge on any atom is -0.390 e. The summed E-state index contributed by atoms with van der Waals surface area (Å²) in [6.45, 7) is 7.76. The second kappa shape index (κ2) is 4.24. The highest BCUT2D eigenvalue weighted by molar-refractivity contribution is 5.93. The summed E-state index contributed by atoms with van der Waals surface area (Å²) in [6.07, 6.45) is 5.33. The molecule has 0 radical (unpaired) electrons. The number of fused-ring (bicyclic) bond motifs is 1. The Morgan fingerprint density at radius 1 is 1.41 bits per heavy atom. The Bertz CT molecular complexity index is 348. The number of hydrogen-bond donors (Lipinski definition) is 1. The molecule has 0 spiro atoms. The lowest BCUT2D eigenvalue weighted by Crippen LogP contribution is -2.42. The molecule has 0 heterocycles. The molecule has 0 aliphatic heterocycles. The maximum Gasteiger partial charge on any atom is 0.155 e. The van der Waals surface area contributed by atoms with E-state index in [1.165, 1.54) is 6.42 Å². The molecule has 0 amide bonds. The van der Waals surface area contributed by atoms with E-state index in [2.05, 4.69) is 13.0 Å². The second-order valence-corrected chi connectivity index (χ2v) is 6.51. The van der Waals surface area contributed by atoms with Gasteiger partial charge in [-0.15, -0.1) is 0 Å². The summed E-state index contributed by atoms with van der Waals surface area (Å²) in [4.78, 5) is 11.5. The lowest BCUT2D eigenvalue weighted by Gasteiger charge is -2.43. The van der Waals surface area contributed by atoms with Crippen LogP contribution in [-0.2, 0) is 4.79 Å². The van der Waals surface area contributed by atoms with Crippen LogP contribution in [0.3, 0.4) is 0 Å². The van der Waals surface area contributed by atoms with Crippen molar-refractivity contribution in [2.45, 2.75) is 52.6 Å². The van der Waals surface area contributed by atoms with Crippen molar-refractivity contribution < 1.29 is 9.90 Å². The third-order valence-corrected chi connectivity index (χ3v) is 4.83. The number of hydrogen-bond acceptors (Lipinski definition) is 2. The molecule has 1 fully saturated rings. The topological polar surface area (TPSA) is 37.3 Å². The van der Waals surface area contributed by atoms with Gasteiger partial charge in [0.25, 0.3) is 0 Å². The summed E-state index contributed by atoms with van der Waals surface area (Å²) in [5.41, 5.74) is 0.356. The zero-order valence-electron chi connectivity index (χ0n) is 11.4. The summed E-state index contributed by atoms with van der Waals surface area (Å²) in [5.74, 6) is 2.16. The van der Waals surface area contributed by atoms with E-state index in [-0.39, 0.29) is 5.78 Å². The van der Waals surface area contributed by atoms with E-state index >= 15 is 0 Å². The predicted molar refractivity (Wildman–Crippen MR) is 68.5 cm³/mol. The first-order valence-electron chi connectivity index (χ1n) is 6.74. The molecule has 0 bridgehead atoms. The molecule has 2 rings (SSSR count). The van der Waals surface area contributed by atoms with Gasteiger partial charge in [0.1, 0.15) is 0 Å². The minimum atomic E-state index is -0.633. The number of ketones is 1. The first-order valence-corrected chi connectivity index (χ1v) is 6.74. The van der Waals surface area contributed by atoms with E-state index in [1.54, 1.807) is 6.92 Å². The van der Waals surface area contributed by atoms with E-state index in [1.807, 2.05) is 13.8 Å². The van der Waals surface area contributed by atoms with Crippen LogP contribution in [0.1, 0.15) is 47.0 Å². The van der Waals surface area contributed by atoms with Gasteiger partial charge in [-0.1, -0.05) is 19.4 Å². The van der Waals surface area contributed by atoms with Gasteiger partial charge in [0.2, 0.25) is 0 Å². The van der Waals surface area contributed by atoms with Gasteiger partial charge in [0.15, 0.2) is 5.78 Å². The lowest BCUT2D eigenvalue weighted by molar-refractivity contribution is -0.113. The van der Waals surface area contributed by atoms with Crippen LogP contribution in [0.4, 0.5) is 0 Å². The van der Waals surface area contributed by atoms with Crippen LogP contribution in [0.2, 0.25) is 0 Å². The molecule has 4 atom stereocenters. The number of Topliss-reactive ketones (excluding diaryl/α,β-unsaturated/α-hetero) is 1.